The Kier molecular flexibility index (Phi) is 4.50. The molecule has 0 saturated carbocycles. The van der Waals surface area contributed by atoms with Gasteiger partial charge in [0.05, 0.1) is 9.95 Å². The van der Waals surface area contributed by atoms with Crippen LogP contribution >= 0.6 is 11.6 Å². The van der Waals surface area contributed by atoms with Gasteiger partial charge in [-0.15, -0.1) is 0 Å². The molecule has 6 heteroatoms. The van der Waals surface area contributed by atoms with E-state index < -0.39 is 4.92 Å². The average molecular weight is 299 g/mol. The molecule has 5 nitrogen and oxygen atoms in total. The Bertz CT molecular complexity index is 511. The topological polar surface area (TPSA) is 66.6 Å². The van der Waals surface area contributed by atoms with Gasteiger partial charge in [0.25, 0.3) is 5.69 Å². The molecule has 1 aliphatic rings. The third kappa shape index (κ3) is 3.41. The number of likely N-dealkylation sites (tertiary alicyclic amines) is 1. The number of rotatable bonds is 3. The molecule has 20 heavy (non-hydrogen) atoms. The van der Waals surface area contributed by atoms with Crippen LogP contribution in [0.25, 0.3) is 0 Å². The monoisotopic (exact) mass is 298 g/mol. The van der Waals surface area contributed by atoms with Gasteiger partial charge in [0.15, 0.2) is 0 Å². The number of phenols is 1. The fourth-order valence-electron chi connectivity index (χ4n) is 3.03. The fraction of sp³-hybridized carbons (Fsp3) is 0.571. The van der Waals surface area contributed by atoms with Crippen LogP contribution in [0.5, 0.6) is 5.75 Å². The minimum absolute atomic E-state index is 0.0345. The fourth-order valence-corrected chi connectivity index (χ4v) is 3.26. The van der Waals surface area contributed by atoms with E-state index in [0.717, 1.165) is 13.1 Å². The van der Waals surface area contributed by atoms with Crippen LogP contribution in [0.3, 0.4) is 0 Å². The number of nitro benzene ring substituents is 1. The van der Waals surface area contributed by atoms with Crippen LogP contribution in [0, 0.1) is 22.0 Å². The Morgan fingerprint density at radius 3 is 2.55 bits per heavy atom. The summed E-state index contributed by atoms with van der Waals surface area (Å²) in [5, 5.41) is 20.9. The Morgan fingerprint density at radius 1 is 1.40 bits per heavy atom. The number of nitro groups is 1. The first-order valence-electron chi connectivity index (χ1n) is 6.75. The van der Waals surface area contributed by atoms with Gasteiger partial charge in [-0.25, -0.2) is 0 Å². The predicted molar refractivity (Wildman–Crippen MR) is 78.0 cm³/mol. The molecule has 0 amide bonds. The average Bonchev–Trinajstić information content (AvgIpc) is 2.33. The number of nitrogens with zero attached hydrogens (tertiary/aromatic N) is 2. The zero-order valence-corrected chi connectivity index (χ0v) is 12.4. The van der Waals surface area contributed by atoms with Crippen molar-refractivity contribution in [3.05, 3.63) is 32.8 Å². The van der Waals surface area contributed by atoms with Crippen molar-refractivity contribution in [2.75, 3.05) is 13.1 Å². The quantitative estimate of drug-likeness (QED) is 0.686. The van der Waals surface area contributed by atoms with Gasteiger partial charge in [-0.05, 0) is 18.3 Å². The van der Waals surface area contributed by atoms with Crippen molar-refractivity contribution in [3.63, 3.8) is 0 Å². The number of halogens is 1. The molecule has 2 atom stereocenters. The second kappa shape index (κ2) is 5.97. The highest BCUT2D eigenvalue weighted by Gasteiger charge is 2.24. The number of hydrogen-bond acceptors (Lipinski definition) is 4. The highest BCUT2D eigenvalue weighted by atomic mass is 35.5. The lowest BCUT2D eigenvalue weighted by Crippen LogP contribution is -2.38. The molecule has 0 unspecified atom stereocenters. The Morgan fingerprint density at radius 2 is 2.00 bits per heavy atom. The van der Waals surface area contributed by atoms with Gasteiger partial charge in [0, 0.05) is 37.3 Å². The van der Waals surface area contributed by atoms with Crippen molar-refractivity contribution in [1.29, 1.82) is 0 Å². The first kappa shape index (κ1) is 15.1. The molecule has 1 N–H and O–H groups in total. The molecular weight excluding hydrogens is 280 g/mol. The van der Waals surface area contributed by atoms with Gasteiger partial charge >= 0.3 is 0 Å². The number of piperidine rings is 1. The molecule has 0 spiro atoms. The summed E-state index contributed by atoms with van der Waals surface area (Å²) >= 11 is 5.87. The highest BCUT2D eigenvalue weighted by Crippen LogP contribution is 2.34. The summed E-state index contributed by atoms with van der Waals surface area (Å²) < 4.78 is 0. The Balaban J connectivity index is 2.22. The highest BCUT2D eigenvalue weighted by molar-refractivity contribution is 6.32. The molecule has 1 aromatic rings. The molecule has 1 aromatic carbocycles. The molecule has 1 aliphatic heterocycles. The van der Waals surface area contributed by atoms with E-state index in [1.54, 1.807) is 0 Å². The maximum atomic E-state index is 10.9. The largest absolute Gasteiger partial charge is 0.506 e. The third-order valence-corrected chi connectivity index (χ3v) is 3.96. The van der Waals surface area contributed by atoms with Crippen LogP contribution in [0.1, 0.15) is 25.8 Å². The lowest BCUT2D eigenvalue weighted by atomic mass is 9.91. The van der Waals surface area contributed by atoms with Gasteiger partial charge < -0.3 is 5.11 Å². The first-order chi connectivity index (χ1) is 9.36. The summed E-state index contributed by atoms with van der Waals surface area (Å²) in [7, 11) is 0. The van der Waals surface area contributed by atoms with Crippen LogP contribution in [0.15, 0.2) is 12.1 Å². The van der Waals surface area contributed by atoms with E-state index in [0.29, 0.717) is 23.9 Å². The Hall–Kier alpha value is -1.33. The number of phenolic OH excluding ortho intramolecular Hbond substituents is 1. The smallest absolute Gasteiger partial charge is 0.271 e. The van der Waals surface area contributed by atoms with E-state index in [1.165, 1.54) is 18.6 Å². The molecule has 0 aliphatic carbocycles. The molecular formula is C14H19ClN2O3. The first-order valence-corrected chi connectivity index (χ1v) is 7.12. The number of benzene rings is 1. The predicted octanol–water partition coefficient (Wildman–Crippen LogP) is 3.43. The van der Waals surface area contributed by atoms with E-state index in [4.69, 9.17) is 11.6 Å². The van der Waals surface area contributed by atoms with Crippen molar-refractivity contribution in [1.82, 2.24) is 4.90 Å². The molecule has 0 aromatic heterocycles. The SMILES string of the molecule is C[C@H]1C[C@H](C)CN(Cc2cc([N+](=O)[O-])cc(Cl)c2O)C1. The zero-order valence-electron chi connectivity index (χ0n) is 11.7. The van der Waals surface area contributed by atoms with Gasteiger partial charge in [-0.2, -0.15) is 0 Å². The van der Waals surface area contributed by atoms with Crippen molar-refractivity contribution in [2.45, 2.75) is 26.8 Å². The summed E-state index contributed by atoms with van der Waals surface area (Å²) in [5.74, 6) is 1.13. The molecule has 0 radical (unpaired) electrons. The lowest BCUT2D eigenvalue weighted by Gasteiger charge is -2.35. The maximum absolute atomic E-state index is 10.9. The van der Waals surface area contributed by atoms with E-state index in [-0.39, 0.29) is 16.5 Å². The van der Waals surface area contributed by atoms with Crippen LogP contribution in [-0.4, -0.2) is 28.0 Å². The van der Waals surface area contributed by atoms with Gasteiger partial charge in [-0.3, -0.25) is 15.0 Å². The minimum Gasteiger partial charge on any atom is -0.506 e. The van der Waals surface area contributed by atoms with Gasteiger partial charge in [0.2, 0.25) is 0 Å². The third-order valence-electron chi connectivity index (χ3n) is 3.68. The van der Waals surface area contributed by atoms with E-state index in [9.17, 15) is 15.2 Å². The standard InChI is InChI=1S/C14H19ClN2O3/c1-9-3-10(2)7-16(6-9)8-11-4-12(17(19)20)5-13(15)14(11)18/h4-5,9-10,18H,3,6-8H2,1-2H3/t9-,10-/m0/s1. The summed E-state index contributed by atoms with van der Waals surface area (Å²) in [5.41, 5.74) is 0.436. The van der Waals surface area contributed by atoms with Crippen molar-refractivity contribution < 1.29 is 10.0 Å². The molecule has 1 fully saturated rings. The van der Waals surface area contributed by atoms with Crippen LogP contribution in [0.4, 0.5) is 5.69 Å². The van der Waals surface area contributed by atoms with Crippen LogP contribution < -0.4 is 0 Å². The molecule has 0 bridgehead atoms. The number of non-ortho nitro benzene ring substituents is 1. The zero-order chi connectivity index (χ0) is 14.9. The van der Waals surface area contributed by atoms with Crippen LogP contribution in [0.2, 0.25) is 5.02 Å². The number of aromatic hydroxyl groups is 1. The van der Waals surface area contributed by atoms with Gasteiger partial charge in [0.1, 0.15) is 5.75 Å². The van der Waals surface area contributed by atoms with Crippen molar-refractivity contribution in [3.8, 4) is 5.75 Å². The Labute approximate surface area is 123 Å². The molecule has 1 saturated heterocycles. The molecule has 1 heterocycles. The second-order valence-electron chi connectivity index (χ2n) is 5.83. The minimum atomic E-state index is -0.490. The van der Waals surface area contributed by atoms with Gasteiger partial charge in [-0.1, -0.05) is 25.4 Å². The van der Waals surface area contributed by atoms with Crippen LogP contribution in [-0.2, 0) is 6.54 Å². The maximum Gasteiger partial charge on any atom is 0.271 e. The van der Waals surface area contributed by atoms with E-state index >= 15 is 0 Å². The van der Waals surface area contributed by atoms with E-state index in [2.05, 4.69) is 18.7 Å². The summed E-state index contributed by atoms with van der Waals surface area (Å²) in [6.45, 7) is 6.75. The summed E-state index contributed by atoms with van der Waals surface area (Å²) in [4.78, 5) is 12.6. The molecule has 2 rings (SSSR count). The summed E-state index contributed by atoms with van der Waals surface area (Å²) in [6, 6.07) is 2.59. The summed E-state index contributed by atoms with van der Waals surface area (Å²) in [6.07, 6.45) is 1.19. The van der Waals surface area contributed by atoms with Crippen molar-refractivity contribution >= 4 is 17.3 Å². The number of hydrogen-bond donors (Lipinski definition) is 1. The second-order valence-corrected chi connectivity index (χ2v) is 6.24. The molecule has 110 valence electrons. The lowest BCUT2D eigenvalue weighted by molar-refractivity contribution is -0.384. The normalized spacial score (nSPS) is 23.8. The van der Waals surface area contributed by atoms with Crippen molar-refractivity contribution in [2.24, 2.45) is 11.8 Å². The van der Waals surface area contributed by atoms with E-state index in [1.807, 2.05) is 0 Å².